The first kappa shape index (κ1) is 18.7. The van der Waals surface area contributed by atoms with Gasteiger partial charge in [0.05, 0.1) is 27.7 Å². The second-order valence-corrected chi connectivity index (χ2v) is 7.07. The van der Waals surface area contributed by atoms with Gasteiger partial charge in [-0.15, -0.1) is 0 Å². The van der Waals surface area contributed by atoms with E-state index in [1.54, 1.807) is 7.11 Å². The minimum Gasteiger partial charge on any atom is -0.497 e. The first-order chi connectivity index (χ1) is 11.5. The summed E-state index contributed by atoms with van der Waals surface area (Å²) in [6, 6.07) is 16.4. The maximum absolute atomic E-state index is 5.41. The second kappa shape index (κ2) is 9.01. The normalized spacial score (nSPS) is 11.9. The summed E-state index contributed by atoms with van der Waals surface area (Å²) in [6.07, 6.45) is 0. The highest BCUT2D eigenvalue weighted by Gasteiger charge is 2.18. The Morgan fingerprint density at radius 2 is 1.92 bits per heavy atom. The Morgan fingerprint density at radius 1 is 1.21 bits per heavy atom. The van der Waals surface area contributed by atoms with E-state index in [4.69, 9.17) is 17.0 Å². The van der Waals surface area contributed by atoms with E-state index >= 15 is 0 Å². The van der Waals surface area contributed by atoms with Crippen LogP contribution < -0.4 is 20.3 Å². The zero-order valence-electron chi connectivity index (χ0n) is 14.1. The second-order valence-electron chi connectivity index (χ2n) is 5.75. The number of hydrogen-bond acceptors (Lipinski definition) is 2. The van der Waals surface area contributed by atoms with Gasteiger partial charge in [0, 0.05) is 15.7 Å². The number of hydrogen-bond donors (Lipinski definition) is 3. The summed E-state index contributed by atoms with van der Waals surface area (Å²) in [5.74, 6) is 0.867. The number of ether oxygens (including phenoxy) is 1. The van der Waals surface area contributed by atoms with Crippen molar-refractivity contribution in [2.45, 2.75) is 6.04 Å². The van der Waals surface area contributed by atoms with Crippen molar-refractivity contribution in [1.29, 1.82) is 0 Å². The monoisotopic (exact) mass is 408 g/mol. The van der Waals surface area contributed by atoms with Crippen LogP contribution in [0.2, 0.25) is 0 Å². The summed E-state index contributed by atoms with van der Waals surface area (Å²) in [5.41, 5.74) is 2.20. The molecule has 2 rings (SSSR count). The molecule has 0 aromatic heterocycles. The molecule has 2 aromatic rings. The summed E-state index contributed by atoms with van der Waals surface area (Å²) < 4.78 is 6.24. The van der Waals surface area contributed by atoms with E-state index in [9.17, 15) is 0 Å². The van der Waals surface area contributed by atoms with Crippen molar-refractivity contribution < 1.29 is 9.64 Å². The van der Waals surface area contributed by atoms with Gasteiger partial charge in [0.15, 0.2) is 5.11 Å². The van der Waals surface area contributed by atoms with Crippen molar-refractivity contribution in [3.8, 4) is 5.75 Å². The van der Waals surface area contributed by atoms with Crippen molar-refractivity contribution >= 4 is 38.9 Å². The number of methoxy groups -OCH3 is 1. The molecule has 0 saturated heterocycles. The molecule has 0 aliphatic rings. The van der Waals surface area contributed by atoms with Gasteiger partial charge >= 0.3 is 0 Å². The van der Waals surface area contributed by atoms with Crippen molar-refractivity contribution in [2.24, 2.45) is 0 Å². The topological polar surface area (TPSA) is 37.7 Å². The Morgan fingerprint density at radius 3 is 2.50 bits per heavy atom. The highest BCUT2D eigenvalue weighted by atomic mass is 79.9. The average molecular weight is 409 g/mol. The van der Waals surface area contributed by atoms with Gasteiger partial charge in [-0.1, -0.05) is 22.0 Å². The quantitative estimate of drug-likeness (QED) is 0.642. The fraction of sp³-hybridized carbons (Fsp3) is 0.278. The lowest BCUT2D eigenvalue weighted by atomic mass is 10.1. The van der Waals surface area contributed by atoms with Gasteiger partial charge in [-0.25, -0.2) is 0 Å². The fourth-order valence-corrected chi connectivity index (χ4v) is 3.03. The van der Waals surface area contributed by atoms with Gasteiger partial charge in [0.2, 0.25) is 0 Å². The minimum atomic E-state index is 0.290. The predicted octanol–water partition coefficient (Wildman–Crippen LogP) is 2.63. The summed E-state index contributed by atoms with van der Waals surface area (Å²) in [6.45, 7) is 0.745. The third-order valence-corrected chi connectivity index (χ3v) is 4.50. The highest BCUT2D eigenvalue weighted by molar-refractivity contribution is 9.10. The summed E-state index contributed by atoms with van der Waals surface area (Å²) in [7, 11) is 5.96. The van der Waals surface area contributed by atoms with Crippen molar-refractivity contribution in [1.82, 2.24) is 5.32 Å². The van der Waals surface area contributed by atoms with Gasteiger partial charge < -0.3 is 20.3 Å². The fourth-order valence-electron chi connectivity index (χ4n) is 2.43. The predicted molar refractivity (Wildman–Crippen MR) is 107 cm³/mol. The molecule has 1 atom stereocenters. The number of anilines is 1. The minimum absolute atomic E-state index is 0.290. The first-order valence-electron chi connectivity index (χ1n) is 7.74. The van der Waals surface area contributed by atoms with E-state index in [1.165, 1.54) is 10.5 Å². The molecule has 24 heavy (non-hydrogen) atoms. The molecule has 0 radical (unpaired) electrons. The molecular weight excluding hydrogens is 386 g/mol. The molecule has 6 heteroatoms. The van der Waals surface area contributed by atoms with Crippen molar-refractivity contribution in [3.63, 3.8) is 0 Å². The molecule has 0 spiro atoms. The van der Waals surface area contributed by atoms with Crippen LogP contribution in [0.4, 0.5) is 5.69 Å². The SMILES string of the molecule is COc1ccc([C@@H](CNC(=S)Nc2cccc(Br)c2)[NH+](C)C)cc1. The molecule has 0 fully saturated rings. The van der Waals surface area contributed by atoms with Crippen molar-refractivity contribution in [3.05, 3.63) is 58.6 Å². The molecule has 0 aliphatic carbocycles. The summed E-state index contributed by atoms with van der Waals surface area (Å²) in [5, 5.41) is 7.14. The highest BCUT2D eigenvalue weighted by Crippen LogP contribution is 2.17. The molecular formula is C18H23BrN3OS+. The molecule has 4 nitrogen and oxygen atoms in total. The standard InChI is InChI=1S/C18H22BrN3OS/c1-22(2)17(13-7-9-16(23-3)10-8-13)12-20-18(24)21-15-6-4-5-14(19)11-15/h4-11,17H,12H2,1-3H3,(H2,20,21,24)/p+1/t17-/m1/s1. The van der Waals surface area contributed by atoms with E-state index in [-0.39, 0.29) is 6.04 Å². The van der Waals surface area contributed by atoms with Crippen LogP contribution in [-0.4, -0.2) is 32.9 Å². The molecule has 0 aliphatic heterocycles. The Labute approximate surface area is 157 Å². The molecule has 0 saturated carbocycles. The molecule has 0 unspecified atom stereocenters. The number of rotatable bonds is 6. The Balaban J connectivity index is 1.96. The lowest BCUT2D eigenvalue weighted by Crippen LogP contribution is -3.07. The number of quaternary nitrogens is 1. The molecule has 2 aromatic carbocycles. The number of nitrogens with one attached hydrogen (secondary N) is 3. The van der Waals surface area contributed by atoms with Crippen LogP contribution in [0.25, 0.3) is 0 Å². The third-order valence-electron chi connectivity index (χ3n) is 3.76. The first-order valence-corrected chi connectivity index (χ1v) is 8.94. The summed E-state index contributed by atoms with van der Waals surface area (Å²) >= 11 is 8.87. The van der Waals surface area contributed by atoms with Gasteiger partial charge in [0.1, 0.15) is 11.8 Å². The van der Waals surface area contributed by atoms with E-state index in [0.29, 0.717) is 5.11 Å². The van der Waals surface area contributed by atoms with Crippen LogP contribution in [0.5, 0.6) is 5.75 Å². The van der Waals surface area contributed by atoms with E-state index in [2.05, 4.69) is 52.8 Å². The molecule has 0 heterocycles. The van der Waals surface area contributed by atoms with Crippen LogP contribution in [0, 0.1) is 0 Å². The van der Waals surface area contributed by atoms with Gasteiger partial charge in [0.25, 0.3) is 0 Å². The van der Waals surface area contributed by atoms with Crippen LogP contribution in [-0.2, 0) is 0 Å². The third kappa shape index (κ3) is 5.47. The molecule has 0 amide bonds. The van der Waals surface area contributed by atoms with E-state index in [0.717, 1.165) is 22.5 Å². The maximum atomic E-state index is 5.41. The average Bonchev–Trinajstić information content (AvgIpc) is 2.55. The van der Waals surface area contributed by atoms with Gasteiger partial charge in [-0.05, 0) is 54.7 Å². The maximum Gasteiger partial charge on any atom is 0.171 e. The van der Waals surface area contributed by atoms with Crippen molar-refractivity contribution in [2.75, 3.05) is 33.1 Å². The Bertz CT molecular complexity index is 676. The number of likely N-dealkylation sites (N-methyl/N-ethyl adjacent to an activating group) is 1. The van der Waals surface area contributed by atoms with E-state index in [1.807, 2.05) is 36.4 Å². The number of thiocarbonyl (C=S) groups is 1. The van der Waals surface area contributed by atoms with E-state index < -0.39 is 0 Å². The molecule has 128 valence electrons. The van der Waals surface area contributed by atoms with Gasteiger partial charge in [-0.3, -0.25) is 0 Å². The van der Waals surface area contributed by atoms with Crippen LogP contribution in [0.1, 0.15) is 11.6 Å². The Kier molecular flexibility index (Phi) is 7.02. The zero-order chi connectivity index (χ0) is 17.5. The van der Waals surface area contributed by atoms with Gasteiger partial charge in [-0.2, -0.15) is 0 Å². The largest absolute Gasteiger partial charge is 0.497 e. The van der Waals surface area contributed by atoms with Crippen LogP contribution in [0.3, 0.4) is 0 Å². The number of benzene rings is 2. The molecule has 0 bridgehead atoms. The lowest BCUT2D eigenvalue weighted by molar-refractivity contribution is -0.890. The van der Waals surface area contributed by atoms with Crippen LogP contribution >= 0.6 is 28.1 Å². The lowest BCUT2D eigenvalue weighted by Gasteiger charge is -2.23. The molecule has 3 N–H and O–H groups in total. The van der Waals surface area contributed by atoms with Crippen LogP contribution in [0.15, 0.2) is 53.0 Å². The smallest absolute Gasteiger partial charge is 0.171 e. The number of halogens is 1. The Hall–Kier alpha value is -1.63. The zero-order valence-corrected chi connectivity index (χ0v) is 16.5. The summed E-state index contributed by atoms with van der Waals surface area (Å²) in [4.78, 5) is 1.33.